The van der Waals surface area contributed by atoms with E-state index in [2.05, 4.69) is 10.4 Å². The van der Waals surface area contributed by atoms with Crippen LogP contribution in [0.25, 0.3) is 5.69 Å². The van der Waals surface area contributed by atoms with Gasteiger partial charge in [-0.3, -0.25) is 0 Å². The molecule has 0 bridgehead atoms. The molecule has 0 aliphatic rings. The summed E-state index contributed by atoms with van der Waals surface area (Å²) in [5, 5.41) is 5.81. The van der Waals surface area contributed by atoms with Crippen LogP contribution >= 0.6 is 0 Å². The van der Waals surface area contributed by atoms with E-state index in [9.17, 15) is 22.4 Å². The second kappa shape index (κ2) is 7.45. The van der Waals surface area contributed by atoms with E-state index < -0.39 is 29.4 Å². The second-order valence-corrected chi connectivity index (χ2v) is 6.58. The van der Waals surface area contributed by atoms with Crippen LogP contribution in [0.2, 0.25) is 0 Å². The smallest absolute Gasteiger partial charge is 0.435 e. The maximum atomic E-state index is 14.7. The number of alkyl halides is 3. The second-order valence-electron chi connectivity index (χ2n) is 6.58. The normalized spacial score (nSPS) is 12.0. The highest BCUT2D eigenvalue weighted by Gasteiger charge is 2.34. The van der Waals surface area contributed by atoms with Gasteiger partial charge in [0.05, 0.1) is 19.3 Å². The molecule has 0 saturated heterocycles. The predicted octanol–water partition coefficient (Wildman–Crippen LogP) is 4.06. The fourth-order valence-electron chi connectivity index (χ4n) is 2.21. The van der Waals surface area contributed by atoms with Crippen LogP contribution in [0.4, 0.5) is 22.4 Å². The van der Waals surface area contributed by atoms with Gasteiger partial charge >= 0.3 is 12.3 Å². The maximum Gasteiger partial charge on any atom is 0.435 e. The Bertz CT molecular complexity index is 826. The number of hydrogen-bond donors (Lipinski definition) is 1. The molecular formula is C17H19F4N3O3. The third-order valence-electron chi connectivity index (χ3n) is 3.34. The number of carbonyl (C=O) groups is 1. The number of carbonyl (C=O) groups excluding carboxylic acids is 1. The van der Waals surface area contributed by atoms with E-state index >= 15 is 0 Å². The summed E-state index contributed by atoms with van der Waals surface area (Å²) in [6.45, 7) is 4.64. The molecule has 10 heteroatoms. The molecule has 148 valence electrons. The first-order valence-electron chi connectivity index (χ1n) is 7.88. The molecule has 1 aromatic carbocycles. The van der Waals surface area contributed by atoms with E-state index in [4.69, 9.17) is 9.47 Å². The minimum atomic E-state index is -4.63. The monoisotopic (exact) mass is 389 g/mol. The molecule has 0 atom stereocenters. The van der Waals surface area contributed by atoms with Crippen molar-refractivity contribution < 1.29 is 31.8 Å². The van der Waals surface area contributed by atoms with E-state index in [0.29, 0.717) is 0 Å². The molecule has 0 saturated carbocycles. The Morgan fingerprint density at radius 1 is 1.22 bits per heavy atom. The number of nitrogens with zero attached hydrogens (tertiary/aromatic N) is 2. The van der Waals surface area contributed by atoms with Crippen molar-refractivity contribution in [1.29, 1.82) is 0 Å². The molecule has 1 heterocycles. The molecular weight excluding hydrogens is 370 g/mol. The minimum absolute atomic E-state index is 0.0276. The van der Waals surface area contributed by atoms with Gasteiger partial charge in [0.25, 0.3) is 0 Å². The Kier molecular flexibility index (Phi) is 5.67. The van der Waals surface area contributed by atoms with Crippen molar-refractivity contribution in [2.75, 3.05) is 7.11 Å². The highest BCUT2D eigenvalue weighted by atomic mass is 19.4. The van der Waals surface area contributed by atoms with Gasteiger partial charge in [-0.2, -0.15) is 18.3 Å². The number of benzene rings is 1. The number of rotatable bonds is 4. The molecule has 1 aromatic heterocycles. The molecule has 1 amide bonds. The molecule has 27 heavy (non-hydrogen) atoms. The molecule has 1 N–H and O–H groups in total. The van der Waals surface area contributed by atoms with Crippen molar-refractivity contribution in [3.63, 3.8) is 0 Å². The Morgan fingerprint density at radius 3 is 2.41 bits per heavy atom. The third-order valence-corrected chi connectivity index (χ3v) is 3.34. The fourth-order valence-corrected chi connectivity index (χ4v) is 2.21. The lowest BCUT2D eigenvalue weighted by Crippen LogP contribution is -2.32. The number of nitrogens with one attached hydrogen (secondary N) is 1. The van der Waals surface area contributed by atoms with E-state index in [-0.39, 0.29) is 23.5 Å². The molecule has 2 aromatic rings. The summed E-state index contributed by atoms with van der Waals surface area (Å²) in [5.41, 5.74) is -1.95. The van der Waals surface area contributed by atoms with Crippen LogP contribution < -0.4 is 10.1 Å². The zero-order chi connectivity index (χ0) is 20.4. The Hall–Kier alpha value is -2.78. The van der Waals surface area contributed by atoms with Gasteiger partial charge in [-0.25, -0.2) is 13.9 Å². The summed E-state index contributed by atoms with van der Waals surface area (Å²) in [7, 11) is 1.25. The molecule has 0 aliphatic heterocycles. The summed E-state index contributed by atoms with van der Waals surface area (Å²) >= 11 is 0. The average Bonchev–Trinajstić information content (AvgIpc) is 3.01. The van der Waals surface area contributed by atoms with E-state index in [1.807, 2.05) is 0 Å². The van der Waals surface area contributed by atoms with Crippen LogP contribution in [0, 0.1) is 5.82 Å². The Morgan fingerprint density at radius 2 is 1.89 bits per heavy atom. The third kappa shape index (κ3) is 5.11. The predicted molar refractivity (Wildman–Crippen MR) is 88.1 cm³/mol. The average molecular weight is 389 g/mol. The van der Waals surface area contributed by atoms with E-state index in [0.717, 1.165) is 16.9 Å². The van der Waals surface area contributed by atoms with Crippen LogP contribution in [-0.4, -0.2) is 28.6 Å². The van der Waals surface area contributed by atoms with Gasteiger partial charge in [0.1, 0.15) is 5.60 Å². The summed E-state index contributed by atoms with van der Waals surface area (Å²) in [6.07, 6.45) is -4.38. The number of alkyl carbamates (subject to hydrolysis) is 1. The van der Waals surface area contributed by atoms with Gasteiger partial charge in [0.15, 0.2) is 17.3 Å². The van der Waals surface area contributed by atoms with Gasteiger partial charge in [0, 0.05) is 11.8 Å². The van der Waals surface area contributed by atoms with Crippen molar-refractivity contribution in [2.45, 2.75) is 39.1 Å². The molecule has 6 nitrogen and oxygen atoms in total. The number of ether oxygens (including phenoxy) is 2. The zero-order valence-electron chi connectivity index (χ0n) is 15.1. The van der Waals surface area contributed by atoms with Gasteiger partial charge in [-0.05, 0) is 39.0 Å². The van der Waals surface area contributed by atoms with Crippen molar-refractivity contribution in [3.05, 3.63) is 41.5 Å². The van der Waals surface area contributed by atoms with Crippen molar-refractivity contribution in [3.8, 4) is 11.4 Å². The number of amides is 1. The van der Waals surface area contributed by atoms with Gasteiger partial charge in [-0.15, -0.1) is 0 Å². The lowest BCUT2D eigenvalue weighted by molar-refractivity contribution is -0.141. The summed E-state index contributed by atoms with van der Waals surface area (Å²) in [4.78, 5) is 11.8. The Labute approximate surface area is 153 Å². The van der Waals surface area contributed by atoms with Gasteiger partial charge in [0.2, 0.25) is 0 Å². The lowest BCUT2D eigenvalue weighted by Gasteiger charge is -2.20. The molecule has 0 fully saturated rings. The number of halogens is 4. The largest absolute Gasteiger partial charge is 0.494 e. The topological polar surface area (TPSA) is 65.4 Å². The first-order chi connectivity index (χ1) is 12.4. The van der Waals surface area contributed by atoms with Gasteiger partial charge in [-0.1, -0.05) is 0 Å². The highest BCUT2D eigenvalue weighted by molar-refractivity contribution is 5.68. The number of hydrogen-bond acceptors (Lipinski definition) is 4. The SMILES string of the molecule is COc1ccc(-n2ccc(C(F)(F)F)n2)c(CNC(=O)OC(C)(C)C)c1F. The van der Waals surface area contributed by atoms with Crippen LogP contribution in [-0.2, 0) is 17.5 Å². The molecule has 2 rings (SSSR count). The maximum absolute atomic E-state index is 14.7. The quantitative estimate of drug-likeness (QED) is 0.801. The summed E-state index contributed by atoms with van der Waals surface area (Å²) in [6, 6.07) is 3.38. The van der Waals surface area contributed by atoms with Crippen LogP contribution in [0.5, 0.6) is 5.75 Å². The first-order valence-corrected chi connectivity index (χ1v) is 7.88. The molecule has 0 unspecified atom stereocenters. The highest BCUT2D eigenvalue weighted by Crippen LogP contribution is 2.30. The van der Waals surface area contributed by atoms with Crippen molar-refractivity contribution in [2.24, 2.45) is 0 Å². The minimum Gasteiger partial charge on any atom is -0.494 e. The lowest BCUT2D eigenvalue weighted by atomic mass is 10.1. The van der Waals surface area contributed by atoms with Crippen molar-refractivity contribution in [1.82, 2.24) is 15.1 Å². The Balaban J connectivity index is 2.37. The zero-order valence-corrected chi connectivity index (χ0v) is 15.1. The number of methoxy groups -OCH3 is 1. The van der Waals surface area contributed by atoms with Crippen LogP contribution in [0.3, 0.4) is 0 Å². The van der Waals surface area contributed by atoms with Crippen molar-refractivity contribution >= 4 is 6.09 Å². The van der Waals surface area contributed by atoms with Crippen LogP contribution in [0.1, 0.15) is 32.0 Å². The first kappa shape index (κ1) is 20.5. The van der Waals surface area contributed by atoms with Gasteiger partial charge < -0.3 is 14.8 Å². The summed E-state index contributed by atoms with van der Waals surface area (Å²) < 4.78 is 63.9. The standard InChI is InChI=1S/C17H19F4N3O3/c1-16(2,3)27-15(25)22-9-10-11(5-6-12(26-4)14(10)18)24-8-7-13(23-24)17(19,20)21/h5-8H,9H2,1-4H3,(H,22,25). The van der Waals surface area contributed by atoms with E-state index in [1.165, 1.54) is 19.2 Å². The molecule has 0 spiro atoms. The summed E-state index contributed by atoms with van der Waals surface area (Å²) in [5.74, 6) is -0.946. The van der Waals surface area contributed by atoms with Crippen LogP contribution in [0.15, 0.2) is 24.4 Å². The van der Waals surface area contributed by atoms with E-state index in [1.54, 1.807) is 20.8 Å². The molecule has 0 radical (unpaired) electrons. The molecule has 0 aliphatic carbocycles. The fraction of sp³-hybridized carbons (Fsp3) is 0.412. The number of aromatic nitrogens is 2.